The normalized spacial score (nSPS) is 10.8. The molecule has 0 aliphatic rings. The zero-order valence-corrected chi connectivity index (χ0v) is 10.6. The third-order valence-electron chi connectivity index (χ3n) is 2.94. The number of aromatic nitrogens is 2. The van der Waals surface area contributed by atoms with Crippen molar-refractivity contribution in [2.45, 2.75) is 26.7 Å². The summed E-state index contributed by atoms with van der Waals surface area (Å²) in [5.41, 5.74) is 7.69. The van der Waals surface area contributed by atoms with E-state index < -0.39 is 0 Å². The number of hydrogen-bond acceptors (Lipinski definition) is 3. The Morgan fingerprint density at radius 1 is 1.39 bits per heavy atom. The minimum Gasteiger partial charge on any atom is -0.382 e. The number of aryl methyl sites for hydroxylation is 2. The van der Waals surface area contributed by atoms with Gasteiger partial charge in [0.15, 0.2) is 5.82 Å². The van der Waals surface area contributed by atoms with E-state index in [-0.39, 0.29) is 5.82 Å². The second-order valence-electron chi connectivity index (χ2n) is 4.35. The van der Waals surface area contributed by atoms with Crippen LogP contribution in [0.2, 0.25) is 0 Å². The average Bonchev–Trinajstić information content (AvgIpc) is 2.62. The lowest BCUT2D eigenvalue weighted by atomic mass is 10.1. The molecule has 0 bridgehead atoms. The number of benzene rings is 1. The summed E-state index contributed by atoms with van der Waals surface area (Å²) in [4.78, 5) is 4.39. The van der Waals surface area contributed by atoms with E-state index >= 15 is 0 Å². The monoisotopic (exact) mass is 248 g/mol. The van der Waals surface area contributed by atoms with Crippen molar-refractivity contribution in [3.05, 3.63) is 35.4 Å². The van der Waals surface area contributed by atoms with E-state index in [4.69, 9.17) is 11.6 Å². The molecule has 0 amide bonds. The molecule has 2 rings (SSSR count). The van der Waals surface area contributed by atoms with Crippen molar-refractivity contribution in [1.29, 1.82) is 0 Å². The van der Waals surface area contributed by atoms with Crippen molar-refractivity contribution in [2.24, 2.45) is 0 Å². The van der Waals surface area contributed by atoms with Gasteiger partial charge in [0.1, 0.15) is 17.3 Å². The quantitative estimate of drug-likeness (QED) is 0.818. The summed E-state index contributed by atoms with van der Waals surface area (Å²) in [5, 5.41) is 0. The minimum atomic E-state index is -0.268. The van der Waals surface area contributed by atoms with Crippen LogP contribution < -0.4 is 11.6 Å². The molecule has 4 N–H and O–H groups in total. The van der Waals surface area contributed by atoms with Gasteiger partial charge in [-0.2, -0.15) is 0 Å². The van der Waals surface area contributed by atoms with Gasteiger partial charge in [0.2, 0.25) is 0 Å². The van der Waals surface area contributed by atoms with Crippen molar-refractivity contribution in [2.75, 3.05) is 11.6 Å². The van der Waals surface area contributed by atoms with E-state index in [9.17, 15) is 4.39 Å². The van der Waals surface area contributed by atoms with Crippen LogP contribution >= 0.6 is 0 Å². The van der Waals surface area contributed by atoms with Gasteiger partial charge in [-0.3, -0.25) is 0 Å². The zero-order valence-electron chi connectivity index (χ0n) is 10.6. The fourth-order valence-electron chi connectivity index (χ4n) is 1.85. The molecule has 0 saturated heterocycles. The van der Waals surface area contributed by atoms with Gasteiger partial charge >= 0.3 is 0 Å². The van der Waals surface area contributed by atoms with E-state index in [1.165, 1.54) is 10.7 Å². The Morgan fingerprint density at radius 2 is 2.11 bits per heavy atom. The van der Waals surface area contributed by atoms with Crippen LogP contribution in [0.5, 0.6) is 0 Å². The Kier molecular flexibility index (Phi) is 3.23. The van der Waals surface area contributed by atoms with Crippen LogP contribution in [0.1, 0.15) is 24.7 Å². The van der Waals surface area contributed by atoms with Gasteiger partial charge in [-0.05, 0) is 25.0 Å². The molecule has 96 valence electrons. The summed E-state index contributed by atoms with van der Waals surface area (Å²) >= 11 is 0. The van der Waals surface area contributed by atoms with E-state index in [1.807, 2.05) is 6.92 Å². The third-order valence-corrected chi connectivity index (χ3v) is 2.94. The number of halogens is 1. The molecule has 4 nitrogen and oxygen atoms in total. The standard InChI is InChI=1S/C13H17FN4/c1-3-4-11-17-12(13(15)18(11)16)9-6-5-8(2)10(14)7-9/h5-7H,3-4,15-16H2,1-2H3. The Morgan fingerprint density at radius 3 is 2.72 bits per heavy atom. The van der Waals surface area contributed by atoms with Gasteiger partial charge < -0.3 is 11.6 Å². The second-order valence-corrected chi connectivity index (χ2v) is 4.35. The molecule has 0 atom stereocenters. The average molecular weight is 248 g/mol. The molecule has 0 aliphatic heterocycles. The summed E-state index contributed by atoms with van der Waals surface area (Å²) < 4.78 is 14.9. The first-order valence-electron chi connectivity index (χ1n) is 5.93. The van der Waals surface area contributed by atoms with E-state index in [0.717, 1.165) is 12.8 Å². The van der Waals surface area contributed by atoms with Crippen LogP contribution in [0.3, 0.4) is 0 Å². The first-order valence-corrected chi connectivity index (χ1v) is 5.93. The predicted octanol–water partition coefficient (Wildman–Crippen LogP) is 2.25. The lowest BCUT2D eigenvalue weighted by Gasteiger charge is -2.02. The van der Waals surface area contributed by atoms with Crippen molar-refractivity contribution < 1.29 is 4.39 Å². The Bertz CT molecular complexity index is 575. The highest BCUT2D eigenvalue weighted by atomic mass is 19.1. The highest BCUT2D eigenvalue weighted by Crippen LogP contribution is 2.26. The predicted molar refractivity (Wildman–Crippen MR) is 70.9 cm³/mol. The fourth-order valence-corrected chi connectivity index (χ4v) is 1.85. The molecule has 0 saturated carbocycles. The van der Waals surface area contributed by atoms with Crippen LogP contribution in [0.25, 0.3) is 11.3 Å². The van der Waals surface area contributed by atoms with Gasteiger partial charge in [0, 0.05) is 12.0 Å². The molecule has 2 aromatic rings. The summed E-state index contributed by atoms with van der Waals surface area (Å²) in [5.74, 6) is 6.64. The first-order chi connectivity index (χ1) is 8.54. The molecule has 0 spiro atoms. The van der Waals surface area contributed by atoms with Crippen LogP contribution in [-0.4, -0.2) is 9.66 Å². The zero-order chi connectivity index (χ0) is 13.3. The summed E-state index contributed by atoms with van der Waals surface area (Å²) in [7, 11) is 0. The maximum absolute atomic E-state index is 13.5. The molecule has 0 unspecified atom stereocenters. The fraction of sp³-hybridized carbons (Fsp3) is 0.308. The topological polar surface area (TPSA) is 69.9 Å². The van der Waals surface area contributed by atoms with E-state index in [0.29, 0.717) is 28.5 Å². The van der Waals surface area contributed by atoms with Crippen molar-refractivity contribution in [1.82, 2.24) is 9.66 Å². The van der Waals surface area contributed by atoms with Gasteiger partial charge in [0.25, 0.3) is 0 Å². The maximum atomic E-state index is 13.5. The van der Waals surface area contributed by atoms with Crippen molar-refractivity contribution in [3.63, 3.8) is 0 Å². The molecule has 18 heavy (non-hydrogen) atoms. The van der Waals surface area contributed by atoms with Crippen LogP contribution in [0, 0.1) is 12.7 Å². The Labute approximate surface area is 105 Å². The smallest absolute Gasteiger partial charge is 0.150 e. The van der Waals surface area contributed by atoms with Crippen molar-refractivity contribution in [3.8, 4) is 11.3 Å². The highest BCUT2D eigenvalue weighted by molar-refractivity contribution is 5.71. The molecule has 0 radical (unpaired) electrons. The lowest BCUT2D eigenvalue weighted by molar-refractivity contribution is 0.619. The van der Waals surface area contributed by atoms with Crippen LogP contribution in [0.15, 0.2) is 18.2 Å². The SMILES string of the molecule is CCCc1nc(-c2ccc(C)c(F)c2)c(N)n1N. The van der Waals surface area contributed by atoms with Gasteiger partial charge in [0.05, 0.1) is 0 Å². The summed E-state index contributed by atoms with van der Waals surface area (Å²) in [6.07, 6.45) is 1.67. The van der Waals surface area contributed by atoms with Crippen LogP contribution in [-0.2, 0) is 6.42 Å². The Hall–Kier alpha value is -2.04. The molecular formula is C13H17FN4. The molecule has 1 heterocycles. The second kappa shape index (κ2) is 4.68. The molecule has 5 heteroatoms. The molecule has 1 aromatic carbocycles. The van der Waals surface area contributed by atoms with Gasteiger partial charge in [-0.25, -0.2) is 14.1 Å². The first kappa shape index (κ1) is 12.4. The lowest BCUT2D eigenvalue weighted by Crippen LogP contribution is -2.15. The number of nitrogens with zero attached hydrogens (tertiary/aromatic N) is 2. The molecule has 1 aromatic heterocycles. The number of rotatable bonds is 3. The summed E-state index contributed by atoms with van der Waals surface area (Å²) in [6.45, 7) is 3.75. The largest absolute Gasteiger partial charge is 0.382 e. The number of anilines is 1. The summed E-state index contributed by atoms with van der Waals surface area (Å²) in [6, 6.07) is 4.94. The number of nitrogen functional groups attached to an aromatic ring is 2. The molecular weight excluding hydrogens is 231 g/mol. The Balaban J connectivity index is 2.50. The van der Waals surface area contributed by atoms with E-state index in [1.54, 1.807) is 19.1 Å². The third kappa shape index (κ3) is 2.03. The highest BCUT2D eigenvalue weighted by Gasteiger charge is 2.14. The maximum Gasteiger partial charge on any atom is 0.150 e. The minimum absolute atomic E-state index is 0.268. The van der Waals surface area contributed by atoms with Crippen molar-refractivity contribution >= 4 is 5.82 Å². The number of imidazole rings is 1. The number of nitrogens with two attached hydrogens (primary N) is 2. The van der Waals surface area contributed by atoms with Crippen LogP contribution in [0.4, 0.5) is 10.2 Å². The van der Waals surface area contributed by atoms with Gasteiger partial charge in [-0.15, -0.1) is 0 Å². The van der Waals surface area contributed by atoms with Gasteiger partial charge in [-0.1, -0.05) is 19.1 Å². The number of hydrogen-bond donors (Lipinski definition) is 2. The van der Waals surface area contributed by atoms with E-state index in [2.05, 4.69) is 4.98 Å². The molecule has 0 fully saturated rings. The molecule has 0 aliphatic carbocycles.